The van der Waals surface area contributed by atoms with Gasteiger partial charge in [-0.2, -0.15) is 0 Å². The van der Waals surface area contributed by atoms with Gasteiger partial charge in [0.15, 0.2) is 0 Å². The standard InChI is InChI=1S/C15H19NO3/c1-19-13-8-4-7-12(9-13)14(17)10-16-15(18)11-5-2-3-6-11/h4-5,7-9,14,17H,2-3,6,10H2,1H3,(H,16,18). The van der Waals surface area contributed by atoms with E-state index in [-0.39, 0.29) is 12.5 Å². The average molecular weight is 261 g/mol. The predicted molar refractivity (Wildman–Crippen MR) is 72.9 cm³/mol. The Kier molecular flexibility index (Phi) is 4.58. The number of amides is 1. The zero-order valence-corrected chi connectivity index (χ0v) is 11.1. The molecule has 19 heavy (non-hydrogen) atoms. The molecule has 1 aliphatic rings. The smallest absolute Gasteiger partial charge is 0.246 e. The van der Waals surface area contributed by atoms with Gasteiger partial charge in [0.05, 0.1) is 13.2 Å². The summed E-state index contributed by atoms with van der Waals surface area (Å²) in [5.74, 6) is 0.626. The molecule has 0 aromatic heterocycles. The SMILES string of the molecule is COc1cccc(C(O)CNC(=O)C2=CCCC2)c1. The van der Waals surface area contributed by atoms with E-state index >= 15 is 0 Å². The molecule has 0 bridgehead atoms. The lowest BCUT2D eigenvalue weighted by Gasteiger charge is -2.13. The van der Waals surface area contributed by atoms with E-state index in [1.165, 1.54) is 0 Å². The first kappa shape index (κ1) is 13.6. The Balaban J connectivity index is 1.89. The lowest BCUT2D eigenvalue weighted by atomic mass is 10.1. The Bertz CT molecular complexity index is 482. The van der Waals surface area contributed by atoms with Crippen LogP contribution in [0.1, 0.15) is 30.9 Å². The number of benzene rings is 1. The van der Waals surface area contributed by atoms with Crippen molar-refractivity contribution in [1.82, 2.24) is 5.32 Å². The van der Waals surface area contributed by atoms with Gasteiger partial charge in [-0.05, 0) is 37.0 Å². The zero-order chi connectivity index (χ0) is 13.7. The molecule has 1 aromatic carbocycles. The number of nitrogens with one attached hydrogen (secondary N) is 1. The minimum absolute atomic E-state index is 0.0700. The second-order valence-corrected chi connectivity index (χ2v) is 4.62. The molecule has 2 rings (SSSR count). The van der Waals surface area contributed by atoms with Gasteiger partial charge in [0, 0.05) is 12.1 Å². The summed E-state index contributed by atoms with van der Waals surface area (Å²) in [6.45, 7) is 0.212. The van der Waals surface area contributed by atoms with E-state index in [1.807, 2.05) is 24.3 Å². The molecule has 4 heteroatoms. The molecule has 0 saturated carbocycles. The first-order valence-electron chi connectivity index (χ1n) is 6.50. The van der Waals surface area contributed by atoms with Crippen LogP contribution in [0.25, 0.3) is 0 Å². The number of carbonyl (C=O) groups is 1. The number of aliphatic hydroxyl groups is 1. The summed E-state index contributed by atoms with van der Waals surface area (Å²) in [7, 11) is 1.58. The summed E-state index contributed by atoms with van der Waals surface area (Å²) in [6, 6.07) is 7.22. The van der Waals surface area contributed by atoms with E-state index in [2.05, 4.69) is 5.32 Å². The Morgan fingerprint density at radius 1 is 1.53 bits per heavy atom. The number of methoxy groups -OCH3 is 1. The number of hydrogen-bond acceptors (Lipinski definition) is 3. The Labute approximate surface area is 113 Å². The first-order chi connectivity index (χ1) is 9.20. The van der Waals surface area contributed by atoms with Crippen LogP contribution in [0.4, 0.5) is 0 Å². The van der Waals surface area contributed by atoms with Gasteiger partial charge in [0.1, 0.15) is 5.75 Å². The van der Waals surface area contributed by atoms with Crippen molar-refractivity contribution in [1.29, 1.82) is 0 Å². The minimum atomic E-state index is -0.721. The molecule has 4 nitrogen and oxygen atoms in total. The van der Waals surface area contributed by atoms with Gasteiger partial charge in [-0.3, -0.25) is 4.79 Å². The predicted octanol–water partition coefficient (Wildman–Crippen LogP) is 1.96. The summed E-state index contributed by atoms with van der Waals surface area (Å²) in [5.41, 5.74) is 1.57. The molecule has 0 fully saturated rings. The van der Waals surface area contributed by atoms with Crippen LogP contribution >= 0.6 is 0 Å². The minimum Gasteiger partial charge on any atom is -0.497 e. The van der Waals surface area contributed by atoms with Crippen LogP contribution in [0.3, 0.4) is 0 Å². The van der Waals surface area contributed by atoms with Crippen LogP contribution in [0, 0.1) is 0 Å². The zero-order valence-electron chi connectivity index (χ0n) is 11.1. The Hall–Kier alpha value is -1.81. The third-order valence-corrected chi connectivity index (χ3v) is 3.27. The summed E-state index contributed by atoms with van der Waals surface area (Å²) in [5, 5.41) is 12.8. The van der Waals surface area contributed by atoms with Crippen molar-refractivity contribution < 1.29 is 14.6 Å². The summed E-state index contributed by atoms with van der Waals surface area (Å²) in [6.07, 6.45) is 4.09. The fourth-order valence-electron chi connectivity index (χ4n) is 2.15. The van der Waals surface area contributed by atoms with Crippen molar-refractivity contribution in [2.24, 2.45) is 0 Å². The van der Waals surface area contributed by atoms with Gasteiger partial charge in [-0.1, -0.05) is 18.2 Å². The highest BCUT2D eigenvalue weighted by atomic mass is 16.5. The molecule has 2 N–H and O–H groups in total. The van der Waals surface area contributed by atoms with Crippen molar-refractivity contribution in [3.05, 3.63) is 41.5 Å². The maximum atomic E-state index is 11.8. The summed E-state index contributed by atoms with van der Waals surface area (Å²) in [4.78, 5) is 11.8. The molecule has 1 aliphatic carbocycles. The van der Waals surface area contributed by atoms with Crippen LogP contribution in [0.15, 0.2) is 35.9 Å². The van der Waals surface area contributed by atoms with Gasteiger partial charge in [-0.15, -0.1) is 0 Å². The molecule has 1 aromatic rings. The monoisotopic (exact) mass is 261 g/mol. The summed E-state index contributed by atoms with van der Waals surface area (Å²) >= 11 is 0. The number of allylic oxidation sites excluding steroid dienone is 1. The van der Waals surface area contributed by atoms with Crippen LogP contribution in [0.2, 0.25) is 0 Å². The molecule has 0 spiro atoms. The fraction of sp³-hybridized carbons (Fsp3) is 0.400. The maximum Gasteiger partial charge on any atom is 0.246 e. The van der Waals surface area contributed by atoms with E-state index in [9.17, 15) is 9.90 Å². The normalized spacial score (nSPS) is 15.8. The number of rotatable bonds is 5. The molecule has 0 heterocycles. The number of aliphatic hydroxyl groups excluding tert-OH is 1. The number of hydrogen-bond donors (Lipinski definition) is 2. The highest BCUT2D eigenvalue weighted by Crippen LogP contribution is 2.20. The van der Waals surface area contributed by atoms with Crippen LogP contribution in [0.5, 0.6) is 5.75 Å². The molecular weight excluding hydrogens is 242 g/mol. The van der Waals surface area contributed by atoms with Crippen LogP contribution < -0.4 is 10.1 Å². The summed E-state index contributed by atoms with van der Waals surface area (Å²) < 4.78 is 5.10. The van der Waals surface area contributed by atoms with Gasteiger partial charge in [-0.25, -0.2) is 0 Å². The highest BCUT2D eigenvalue weighted by Gasteiger charge is 2.15. The molecule has 1 atom stereocenters. The molecule has 0 aliphatic heterocycles. The molecule has 1 amide bonds. The van der Waals surface area contributed by atoms with Crippen LogP contribution in [-0.4, -0.2) is 24.7 Å². The average Bonchev–Trinajstić information content (AvgIpc) is 2.98. The van der Waals surface area contributed by atoms with Gasteiger partial charge in [0.25, 0.3) is 0 Å². The third-order valence-electron chi connectivity index (χ3n) is 3.27. The number of ether oxygens (including phenoxy) is 1. The van der Waals surface area contributed by atoms with Crippen molar-refractivity contribution >= 4 is 5.91 Å². The molecular formula is C15H19NO3. The Morgan fingerprint density at radius 3 is 3.05 bits per heavy atom. The maximum absolute atomic E-state index is 11.8. The van der Waals surface area contributed by atoms with E-state index < -0.39 is 6.10 Å². The number of carbonyl (C=O) groups excluding carboxylic acids is 1. The van der Waals surface area contributed by atoms with Gasteiger partial charge in [0.2, 0.25) is 5.91 Å². The van der Waals surface area contributed by atoms with Gasteiger partial charge < -0.3 is 15.2 Å². The second-order valence-electron chi connectivity index (χ2n) is 4.62. The van der Waals surface area contributed by atoms with Crippen molar-refractivity contribution in [2.45, 2.75) is 25.4 Å². The highest BCUT2D eigenvalue weighted by molar-refractivity contribution is 5.93. The lowest BCUT2D eigenvalue weighted by molar-refractivity contribution is -0.118. The van der Waals surface area contributed by atoms with Crippen molar-refractivity contribution in [2.75, 3.05) is 13.7 Å². The second kappa shape index (κ2) is 6.38. The quantitative estimate of drug-likeness (QED) is 0.851. The molecule has 0 radical (unpaired) electrons. The van der Waals surface area contributed by atoms with Crippen molar-refractivity contribution in [3.63, 3.8) is 0 Å². The first-order valence-corrected chi connectivity index (χ1v) is 6.50. The lowest BCUT2D eigenvalue weighted by Crippen LogP contribution is -2.29. The molecule has 102 valence electrons. The fourth-order valence-corrected chi connectivity index (χ4v) is 2.15. The van der Waals surface area contributed by atoms with Crippen LogP contribution in [-0.2, 0) is 4.79 Å². The van der Waals surface area contributed by atoms with E-state index in [0.29, 0.717) is 5.75 Å². The Morgan fingerprint density at radius 2 is 2.37 bits per heavy atom. The van der Waals surface area contributed by atoms with Crippen molar-refractivity contribution in [3.8, 4) is 5.75 Å². The van der Waals surface area contributed by atoms with E-state index in [0.717, 1.165) is 30.4 Å². The van der Waals surface area contributed by atoms with Gasteiger partial charge >= 0.3 is 0 Å². The largest absolute Gasteiger partial charge is 0.497 e. The molecule has 0 saturated heterocycles. The molecule has 1 unspecified atom stereocenters. The van der Waals surface area contributed by atoms with E-state index in [4.69, 9.17) is 4.74 Å². The third kappa shape index (κ3) is 3.58. The van der Waals surface area contributed by atoms with E-state index in [1.54, 1.807) is 13.2 Å². The topological polar surface area (TPSA) is 58.6 Å².